The van der Waals surface area contributed by atoms with Gasteiger partial charge in [0.1, 0.15) is 0 Å². The topological polar surface area (TPSA) is 156 Å². The monoisotopic (exact) mass is 538 g/mol. The molecule has 38 heavy (non-hydrogen) atoms. The van der Waals surface area contributed by atoms with Crippen molar-refractivity contribution < 1.29 is 24.1 Å². The molecule has 196 valence electrons. The van der Waals surface area contributed by atoms with E-state index in [0.29, 0.717) is 22.4 Å². The van der Waals surface area contributed by atoms with Gasteiger partial charge in [-0.25, -0.2) is 9.79 Å². The zero-order chi connectivity index (χ0) is 27.7. The first-order valence-corrected chi connectivity index (χ1v) is 12.2. The smallest absolute Gasteiger partial charge is 0.338 e. The molecule has 1 aromatic heterocycles. The van der Waals surface area contributed by atoms with Gasteiger partial charge in [0.25, 0.3) is 11.2 Å². The van der Waals surface area contributed by atoms with Crippen LogP contribution in [0.5, 0.6) is 5.75 Å². The highest BCUT2D eigenvalue weighted by atomic mass is 32.1. The van der Waals surface area contributed by atoms with Crippen LogP contribution in [0.15, 0.2) is 57.5 Å². The molecular formula is C25H22N4O8S. The minimum absolute atomic E-state index is 0.0734. The summed E-state index contributed by atoms with van der Waals surface area (Å²) in [6, 6.07) is 7.76. The van der Waals surface area contributed by atoms with Crippen molar-refractivity contribution in [3.8, 4) is 5.75 Å². The average molecular weight is 539 g/mol. The second kappa shape index (κ2) is 10.4. The van der Waals surface area contributed by atoms with Gasteiger partial charge in [-0.05, 0) is 44.0 Å². The van der Waals surface area contributed by atoms with Gasteiger partial charge in [0.05, 0.1) is 45.4 Å². The Bertz CT molecular complexity index is 1700. The van der Waals surface area contributed by atoms with Crippen LogP contribution in [0.3, 0.4) is 0 Å². The van der Waals surface area contributed by atoms with Gasteiger partial charge in [-0.3, -0.25) is 29.6 Å². The molecule has 0 aliphatic carbocycles. The Labute approximate surface area is 219 Å². The fourth-order valence-corrected chi connectivity index (χ4v) is 5.24. The number of hydrogen-bond acceptors (Lipinski definition) is 10. The number of aryl methyl sites for hydroxylation is 1. The summed E-state index contributed by atoms with van der Waals surface area (Å²) in [4.78, 5) is 53.3. The van der Waals surface area contributed by atoms with Crippen LogP contribution in [0.25, 0.3) is 6.08 Å². The van der Waals surface area contributed by atoms with Crippen LogP contribution in [0.2, 0.25) is 0 Å². The van der Waals surface area contributed by atoms with Crippen molar-refractivity contribution >= 4 is 34.8 Å². The van der Waals surface area contributed by atoms with E-state index in [0.717, 1.165) is 11.3 Å². The maximum atomic E-state index is 13.7. The Hall–Kier alpha value is -4.65. The van der Waals surface area contributed by atoms with Crippen molar-refractivity contribution in [3.05, 3.63) is 104 Å². The number of nitro groups is 2. The average Bonchev–Trinajstić information content (AvgIpc) is 3.17. The molecule has 2 heterocycles. The summed E-state index contributed by atoms with van der Waals surface area (Å²) < 4.78 is 11.8. The Morgan fingerprint density at radius 3 is 2.47 bits per heavy atom. The SMILES string of the molecule is CCOC(=O)C1=C(C)N=c2s/c(=C/c3ccc(OC)c([N+](=O)[O-])c3)c(=O)n2[C@@H]1c1ccc(C)c([N+](=O)[O-])c1. The summed E-state index contributed by atoms with van der Waals surface area (Å²) in [6.07, 6.45) is 1.48. The number of esters is 1. The second-order valence-electron chi connectivity index (χ2n) is 8.29. The third-order valence-corrected chi connectivity index (χ3v) is 6.94. The molecule has 0 bridgehead atoms. The van der Waals surface area contributed by atoms with E-state index in [9.17, 15) is 29.8 Å². The molecule has 4 rings (SSSR count). The van der Waals surface area contributed by atoms with Crippen LogP contribution >= 0.6 is 11.3 Å². The second-order valence-corrected chi connectivity index (χ2v) is 9.30. The van der Waals surface area contributed by atoms with Crippen molar-refractivity contribution in [1.82, 2.24) is 4.57 Å². The summed E-state index contributed by atoms with van der Waals surface area (Å²) in [6.45, 7) is 4.92. The predicted octanol–water partition coefficient (Wildman–Crippen LogP) is 2.93. The number of methoxy groups -OCH3 is 1. The molecule has 13 heteroatoms. The molecule has 0 amide bonds. The standard InChI is InChI=1S/C25H22N4O8S/c1-5-37-24(31)21-14(3)26-25-27(22(21)16-8-6-13(2)17(12-16)28(32)33)23(30)20(38-25)11-15-7-9-19(36-4)18(10-15)29(34)35/h6-12,22H,5H2,1-4H3/b20-11+/t22-/m1/s1. The molecule has 0 unspecified atom stereocenters. The zero-order valence-electron chi connectivity index (χ0n) is 20.8. The number of carbonyl (C=O) groups is 1. The summed E-state index contributed by atoms with van der Waals surface area (Å²) in [5.74, 6) is -0.619. The minimum Gasteiger partial charge on any atom is -0.490 e. The highest BCUT2D eigenvalue weighted by Crippen LogP contribution is 2.33. The van der Waals surface area contributed by atoms with Crippen molar-refractivity contribution in [2.75, 3.05) is 13.7 Å². The number of hydrogen-bond donors (Lipinski definition) is 0. The zero-order valence-corrected chi connectivity index (χ0v) is 21.6. The van der Waals surface area contributed by atoms with Gasteiger partial charge in [0.2, 0.25) is 0 Å². The summed E-state index contributed by atoms with van der Waals surface area (Å²) >= 11 is 1.03. The van der Waals surface area contributed by atoms with E-state index in [1.54, 1.807) is 39.0 Å². The fraction of sp³-hybridized carbons (Fsp3) is 0.240. The Kier molecular flexibility index (Phi) is 7.21. The van der Waals surface area contributed by atoms with Crippen LogP contribution < -0.4 is 19.6 Å². The number of nitro benzene ring substituents is 2. The van der Waals surface area contributed by atoms with Gasteiger partial charge < -0.3 is 9.47 Å². The highest BCUT2D eigenvalue weighted by Gasteiger charge is 2.34. The highest BCUT2D eigenvalue weighted by molar-refractivity contribution is 7.07. The third kappa shape index (κ3) is 4.70. The van der Waals surface area contributed by atoms with Crippen LogP contribution in [-0.4, -0.2) is 34.1 Å². The maximum absolute atomic E-state index is 13.7. The molecule has 1 aliphatic heterocycles. The lowest BCUT2D eigenvalue weighted by atomic mass is 9.94. The number of carbonyl (C=O) groups excluding carboxylic acids is 1. The predicted molar refractivity (Wildman–Crippen MR) is 138 cm³/mol. The summed E-state index contributed by atoms with van der Waals surface area (Å²) in [7, 11) is 1.32. The van der Waals surface area contributed by atoms with Crippen molar-refractivity contribution in [1.29, 1.82) is 0 Å². The fourth-order valence-electron chi connectivity index (χ4n) is 4.19. The quantitative estimate of drug-likeness (QED) is 0.252. The van der Waals surface area contributed by atoms with E-state index in [1.807, 2.05) is 0 Å². The van der Waals surface area contributed by atoms with E-state index >= 15 is 0 Å². The van der Waals surface area contributed by atoms with Gasteiger partial charge in [-0.1, -0.05) is 29.5 Å². The van der Waals surface area contributed by atoms with Crippen molar-refractivity contribution in [3.63, 3.8) is 0 Å². The Morgan fingerprint density at radius 2 is 1.84 bits per heavy atom. The first kappa shape index (κ1) is 26.4. The number of nitrogens with zero attached hydrogens (tertiary/aromatic N) is 4. The molecule has 2 aromatic carbocycles. The normalized spacial score (nSPS) is 15.1. The summed E-state index contributed by atoms with van der Waals surface area (Å²) in [5, 5.41) is 23.1. The van der Waals surface area contributed by atoms with Crippen molar-refractivity contribution in [2.24, 2.45) is 4.99 Å². The molecule has 0 saturated carbocycles. The molecule has 0 spiro atoms. The first-order chi connectivity index (χ1) is 18.1. The molecule has 1 atom stereocenters. The molecule has 0 fully saturated rings. The number of allylic oxidation sites excluding steroid dienone is 1. The van der Waals surface area contributed by atoms with Gasteiger partial charge in [0.15, 0.2) is 10.6 Å². The van der Waals surface area contributed by atoms with Gasteiger partial charge in [-0.15, -0.1) is 0 Å². The third-order valence-electron chi connectivity index (χ3n) is 5.96. The van der Waals surface area contributed by atoms with Crippen LogP contribution in [0, 0.1) is 27.2 Å². The lowest BCUT2D eigenvalue weighted by molar-refractivity contribution is -0.385. The van der Waals surface area contributed by atoms with E-state index in [-0.39, 0.29) is 38.6 Å². The van der Waals surface area contributed by atoms with Crippen LogP contribution in [0.1, 0.15) is 36.6 Å². The van der Waals surface area contributed by atoms with E-state index in [2.05, 4.69) is 4.99 Å². The molecule has 3 aromatic rings. The van der Waals surface area contributed by atoms with Gasteiger partial charge in [-0.2, -0.15) is 0 Å². The number of thiazole rings is 1. The van der Waals surface area contributed by atoms with E-state index in [1.165, 1.54) is 36.0 Å². The molecule has 0 radical (unpaired) electrons. The minimum atomic E-state index is -1.03. The number of benzene rings is 2. The summed E-state index contributed by atoms with van der Waals surface area (Å²) in [5.41, 5.74) is 0.598. The number of ether oxygens (including phenoxy) is 2. The largest absolute Gasteiger partial charge is 0.490 e. The number of rotatable bonds is 7. The molecular weight excluding hydrogens is 516 g/mol. The molecule has 0 saturated heterocycles. The molecule has 1 aliphatic rings. The Balaban J connectivity index is 1.97. The number of aromatic nitrogens is 1. The maximum Gasteiger partial charge on any atom is 0.338 e. The van der Waals surface area contributed by atoms with Crippen LogP contribution in [0.4, 0.5) is 11.4 Å². The van der Waals surface area contributed by atoms with Crippen molar-refractivity contribution in [2.45, 2.75) is 26.8 Å². The number of fused-ring (bicyclic) bond motifs is 1. The Morgan fingerprint density at radius 1 is 1.13 bits per heavy atom. The van der Waals surface area contributed by atoms with E-state index < -0.39 is 27.4 Å². The lowest BCUT2D eigenvalue weighted by Crippen LogP contribution is -2.40. The molecule has 0 N–H and O–H groups in total. The van der Waals surface area contributed by atoms with Gasteiger partial charge >= 0.3 is 11.7 Å². The van der Waals surface area contributed by atoms with Gasteiger partial charge in [0, 0.05) is 17.7 Å². The first-order valence-electron chi connectivity index (χ1n) is 11.3. The van der Waals surface area contributed by atoms with E-state index in [4.69, 9.17) is 9.47 Å². The lowest BCUT2D eigenvalue weighted by Gasteiger charge is -2.24. The van der Waals surface area contributed by atoms with Crippen LogP contribution in [-0.2, 0) is 9.53 Å². The molecule has 12 nitrogen and oxygen atoms in total.